The van der Waals surface area contributed by atoms with E-state index in [-0.39, 0.29) is 5.96 Å². The molecule has 9 heteroatoms. The van der Waals surface area contributed by atoms with Crippen LogP contribution >= 0.6 is 35.1 Å². The summed E-state index contributed by atoms with van der Waals surface area (Å²) in [4.78, 5) is 18.2. The van der Waals surface area contributed by atoms with Crippen molar-refractivity contribution in [2.24, 2.45) is 4.40 Å². The second-order valence-corrected chi connectivity index (χ2v) is 11.2. The van der Waals surface area contributed by atoms with E-state index >= 15 is 0 Å². The summed E-state index contributed by atoms with van der Waals surface area (Å²) in [6.45, 7) is 5.76. The van der Waals surface area contributed by atoms with E-state index in [0.29, 0.717) is 16.6 Å². The Bertz CT molecular complexity index is 1460. The first-order chi connectivity index (χ1) is 18.7. The van der Waals surface area contributed by atoms with Crippen molar-refractivity contribution < 1.29 is 9.53 Å². The first-order valence-corrected chi connectivity index (χ1v) is 13.7. The Kier molecular flexibility index (Phi) is 9.51. The number of carbonyl (C=O) groups is 1. The quantitative estimate of drug-likeness (QED) is 0.136. The van der Waals surface area contributed by atoms with Gasteiger partial charge in [-0.2, -0.15) is 4.40 Å². The lowest BCUT2D eigenvalue weighted by molar-refractivity contribution is 0.0561. The standard InChI is InChI=1S/C30H28Cl2N4O2S/c1-30(2,3)38-29(37)35-28(36-39-23-9-5-4-6-10-23)34-19-20-17-25(24-11-7-8-12-26(24)32)27(33-18-20)21-13-15-22(31)16-14-21/h4-18H,19H2,1-3H3,(H2,34,35,36,37). The first-order valence-electron chi connectivity index (χ1n) is 12.2. The molecule has 39 heavy (non-hydrogen) atoms. The number of amides is 1. The Labute approximate surface area is 243 Å². The Balaban J connectivity index is 1.62. The molecule has 0 fully saturated rings. The molecule has 1 amide bonds. The molecule has 2 N–H and O–H groups in total. The molecule has 1 aromatic heterocycles. The van der Waals surface area contributed by atoms with Crippen LogP contribution in [-0.4, -0.2) is 22.6 Å². The molecular formula is C30H28Cl2N4O2S. The van der Waals surface area contributed by atoms with Gasteiger partial charge in [-0.3, -0.25) is 10.3 Å². The smallest absolute Gasteiger partial charge is 0.414 e. The third-order valence-electron chi connectivity index (χ3n) is 5.29. The molecular weight excluding hydrogens is 551 g/mol. The number of guanidine groups is 1. The summed E-state index contributed by atoms with van der Waals surface area (Å²) in [7, 11) is 0. The number of ether oxygens (including phenoxy) is 1. The lowest BCUT2D eigenvalue weighted by atomic mass is 9.98. The number of carbonyl (C=O) groups excluding carboxylic acids is 1. The first kappa shape index (κ1) is 28.5. The number of pyridine rings is 1. The maximum absolute atomic E-state index is 12.5. The zero-order chi connectivity index (χ0) is 27.8. The topological polar surface area (TPSA) is 75.6 Å². The Hall–Kier alpha value is -3.52. The van der Waals surface area contributed by atoms with Crippen LogP contribution in [0.15, 0.2) is 100 Å². The van der Waals surface area contributed by atoms with Gasteiger partial charge in [-0.05, 0) is 62.7 Å². The molecule has 0 radical (unpaired) electrons. The van der Waals surface area contributed by atoms with Crippen molar-refractivity contribution >= 4 is 47.2 Å². The molecule has 4 aromatic rings. The number of benzene rings is 3. The molecule has 200 valence electrons. The van der Waals surface area contributed by atoms with Gasteiger partial charge in [0.2, 0.25) is 5.96 Å². The van der Waals surface area contributed by atoms with Gasteiger partial charge in [0.25, 0.3) is 0 Å². The number of hydrogen-bond acceptors (Lipinski definition) is 5. The van der Waals surface area contributed by atoms with Gasteiger partial charge < -0.3 is 10.1 Å². The van der Waals surface area contributed by atoms with Crippen LogP contribution in [0.25, 0.3) is 22.4 Å². The van der Waals surface area contributed by atoms with E-state index in [1.165, 1.54) is 11.9 Å². The molecule has 0 unspecified atom stereocenters. The molecule has 0 saturated heterocycles. The number of nitrogens with zero attached hydrogens (tertiary/aromatic N) is 2. The van der Waals surface area contributed by atoms with E-state index in [1.54, 1.807) is 27.0 Å². The normalized spacial score (nSPS) is 11.7. The summed E-state index contributed by atoms with van der Waals surface area (Å²) in [5.41, 5.74) is 3.66. The largest absolute Gasteiger partial charge is 0.444 e. The number of aromatic nitrogens is 1. The number of nitrogens with one attached hydrogen (secondary N) is 2. The summed E-state index contributed by atoms with van der Waals surface area (Å²) in [6.07, 6.45) is 1.18. The van der Waals surface area contributed by atoms with Crippen molar-refractivity contribution in [2.45, 2.75) is 37.8 Å². The fourth-order valence-corrected chi connectivity index (χ4v) is 4.54. The number of rotatable bonds is 6. The molecule has 0 atom stereocenters. The van der Waals surface area contributed by atoms with Gasteiger partial charge in [0.05, 0.1) is 5.69 Å². The lowest BCUT2D eigenvalue weighted by Crippen LogP contribution is -2.43. The molecule has 0 aliphatic heterocycles. The number of hydrogen-bond donors (Lipinski definition) is 2. The minimum atomic E-state index is -0.646. The van der Waals surface area contributed by atoms with Crippen molar-refractivity contribution in [3.05, 3.63) is 107 Å². The molecule has 6 nitrogen and oxygen atoms in total. The predicted octanol–water partition coefficient (Wildman–Crippen LogP) is 8.40. The zero-order valence-corrected chi connectivity index (χ0v) is 24.1. The summed E-state index contributed by atoms with van der Waals surface area (Å²) in [5.74, 6) is 0.263. The van der Waals surface area contributed by atoms with Crippen LogP contribution in [0.2, 0.25) is 10.0 Å². The average Bonchev–Trinajstić information content (AvgIpc) is 2.90. The van der Waals surface area contributed by atoms with Crippen LogP contribution in [-0.2, 0) is 11.3 Å². The number of alkyl carbamates (subject to hydrolysis) is 1. The summed E-state index contributed by atoms with van der Waals surface area (Å²) in [5, 5.41) is 7.19. The second-order valence-electron chi connectivity index (χ2n) is 9.55. The van der Waals surface area contributed by atoms with E-state index in [0.717, 1.165) is 32.8 Å². The third-order valence-corrected chi connectivity index (χ3v) is 6.63. The molecule has 0 aliphatic rings. The van der Waals surface area contributed by atoms with Gasteiger partial charge in [-0.25, -0.2) is 4.79 Å². The van der Waals surface area contributed by atoms with E-state index < -0.39 is 11.7 Å². The Morgan fingerprint density at radius 2 is 1.64 bits per heavy atom. The highest BCUT2D eigenvalue weighted by molar-refractivity contribution is 7.98. The van der Waals surface area contributed by atoms with E-state index in [9.17, 15) is 4.79 Å². The van der Waals surface area contributed by atoms with Crippen LogP contribution < -0.4 is 10.6 Å². The average molecular weight is 580 g/mol. The summed E-state index contributed by atoms with van der Waals surface area (Å²) >= 11 is 13.9. The molecule has 0 aliphatic carbocycles. The highest BCUT2D eigenvalue weighted by atomic mass is 35.5. The Morgan fingerprint density at radius 1 is 0.949 bits per heavy atom. The number of halogens is 2. The highest BCUT2D eigenvalue weighted by Crippen LogP contribution is 2.35. The second kappa shape index (κ2) is 13.0. The maximum Gasteiger partial charge on any atom is 0.414 e. The van der Waals surface area contributed by atoms with Gasteiger partial charge in [0.1, 0.15) is 5.60 Å². The van der Waals surface area contributed by atoms with Crippen LogP contribution in [0.4, 0.5) is 4.79 Å². The van der Waals surface area contributed by atoms with Crippen molar-refractivity contribution in [2.75, 3.05) is 0 Å². The fourth-order valence-electron chi connectivity index (χ4n) is 3.59. The van der Waals surface area contributed by atoms with Crippen molar-refractivity contribution in [1.29, 1.82) is 0 Å². The van der Waals surface area contributed by atoms with Gasteiger partial charge >= 0.3 is 6.09 Å². The Morgan fingerprint density at radius 3 is 2.33 bits per heavy atom. The van der Waals surface area contributed by atoms with E-state index in [2.05, 4.69) is 15.0 Å². The van der Waals surface area contributed by atoms with Gasteiger partial charge in [0, 0.05) is 56.3 Å². The van der Waals surface area contributed by atoms with Crippen LogP contribution in [0.1, 0.15) is 26.3 Å². The van der Waals surface area contributed by atoms with Crippen LogP contribution in [0.5, 0.6) is 0 Å². The predicted molar refractivity (Wildman–Crippen MR) is 161 cm³/mol. The molecule has 0 spiro atoms. The molecule has 3 aromatic carbocycles. The minimum Gasteiger partial charge on any atom is -0.444 e. The monoisotopic (exact) mass is 578 g/mol. The molecule has 1 heterocycles. The summed E-state index contributed by atoms with van der Waals surface area (Å²) in [6, 6.07) is 26.9. The summed E-state index contributed by atoms with van der Waals surface area (Å²) < 4.78 is 9.92. The molecule has 0 bridgehead atoms. The fraction of sp³-hybridized carbons (Fsp3) is 0.167. The van der Waals surface area contributed by atoms with Crippen molar-refractivity contribution in [3.8, 4) is 22.4 Å². The van der Waals surface area contributed by atoms with Gasteiger partial charge in [-0.15, -0.1) is 0 Å². The highest BCUT2D eigenvalue weighted by Gasteiger charge is 2.18. The van der Waals surface area contributed by atoms with E-state index in [1.807, 2.05) is 84.9 Å². The maximum atomic E-state index is 12.5. The zero-order valence-electron chi connectivity index (χ0n) is 21.7. The lowest BCUT2D eigenvalue weighted by Gasteiger charge is -2.20. The minimum absolute atomic E-state index is 0.263. The van der Waals surface area contributed by atoms with Gasteiger partial charge in [0.15, 0.2) is 0 Å². The van der Waals surface area contributed by atoms with Crippen molar-refractivity contribution in [1.82, 2.24) is 15.6 Å². The SMILES string of the molecule is CC(C)(C)OC(=O)N/C(=N\Sc1ccccc1)NCc1cnc(-c2ccc(Cl)cc2)c(-c2ccccc2Cl)c1. The van der Waals surface area contributed by atoms with Crippen molar-refractivity contribution in [3.63, 3.8) is 0 Å². The van der Waals surface area contributed by atoms with Crippen LogP contribution in [0.3, 0.4) is 0 Å². The van der Waals surface area contributed by atoms with Gasteiger partial charge in [-0.1, -0.05) is 71.7 Å². The molecule has 0 saturated carbocycles. The third kappa shape index (κ3) is 8.48. The van der Waals surface area contributed by atoms with E-state index in [4.69, 9.17) is 32.9 Å². The molecule has 4 rings (SSSR count). The van der Waals surface area contributed by atoms with Crippen LogP contribution in [0, 0.1) is 0 Å².